The molecule has 4 heteroatoms. The lowest BCUT2D eigenvalue weighted by Crippen LogP contribution is -2.75. The number of rotatable bonds is 6. The van der Waals surface area contributed by atoms with E-state index in [0.29, 0.717) is 11.1 Å². The number of benzene rings is 7. The van der Waals surface area contributed by atoms with Gasteiger partial charge in [0.15, 0.2) is 8.07 Å². The minimum atomic E-state index is -3.05. The van der Waals surface area contributed by atoms with Crippen molar-refractivity contribution in [3.05, 3.63) is 187 Å². The van der Waals surface area contributed by atoms with Crippen LogP contribution in [0.4, 0.5) is 0 Å². The van der Waals surface area contributed by atoms with Crippen molar-refractivity contribution in [2.75, 3.05) is 0 Å². The molecule has 3 nitrogen and oxygen atoms in total. The van der Waals surface area contributed by atoms with E-state index in [1.165, 1.54) is 26.3 Å². The first-order chi connectivity index (χ1) is 23.8. The van der Waals surface area contributed by atoms with Gasteiger partial charge < -0.3 is 4.57 Å². The standard InChI is InChI=1S/C44H29N3Si/c45-30-32-27-28-34(47-41-24-12-10-22-38(41)39-23-11-13-25-42(39)47)29-40(32)44-33(31-46)15-14-26-43(44)48(35-16-4-1-5-17-35,36-18-6-2-7-19-36)37-20-8-3-9-21-37/h1-29H. The molecule has 8 rings (SSSR count). The fourth-order valence-electron chi connectivity index (χ4n) is 7.46. The topological polar surface area (TPSA) is 52.5 Å². The maximum Gasteiger partial charge on any atom is 0.180 e. The molecule has 48 heavy (non-hydrogen) atoms. The Kier molecular flexibility index (Phi) is 7.27. The van der Waals surface area contributed by atoms with Crippen molar-refractivity contribution < 1.29 is 0 Å². The molecule has 7 aromatic carbocycles. The van der Waals surface area contributed by atoms with Gasteiger partial charge in [-0.3, -0.25) is 0 Å². The number of hydrogen-bond acceptors (Lipinski definition) is 2. The van der Waals surface area contributed by atoms with Crippen molar-refractivity contribution in [3.8, 4) is 29.0 Å². The molecule has 0 N–H and O–H groups in total. The van der Waals surface area contributed by atoms with E-state index in [9.17, 15) is 10.5 Å². The van der Waals surface area contributed by atoms with E-state index in [4.69, 9.17) is 0 Å². The van der Waals surface area contributed by atoms with Gasteiger partial charge in [-0.1, -0.05) is 140 Å². The summed E-state index contributed by atoms with van der Waals surface area (Å²) in [7, 11) is -3.05. The number of nitrogens with zero attached hydrogens (tertiary/aromatic N) is 3. The van der Waals surface area contributed by atoms with Gasteiger partial charge in [-0.25, -0.2) is 0 Å². The molecule has 0 unspecified atom stereocenters. The monoisotopic (exact) mass is 627 g/mol. The molecule has 0 bridgehead atoms. The Morgan fingerprint density at radius 2 is 0.917 bits per heavy atom. The van der Waals surface area contributed by atoms with Gasteiger partial charge in [0.1, 0.15) is 0 Å². The van der Waals surface area contributed by atoms with Gasteiger partial charge in [0, 0.05) is 27.6 Å². The lowest BCUT2D eigenvalue weighted by atomic mass is 9.95. The minimum Gasteiger partial charge on any atom is -0.309 e. The molecule has 0 saturated heterocycles. The van der Waals surface area contributed by atoms with Gasteiger partial charge in [-0.05, 0) is 57.1 Å². The number of nitriles is 2. The summed E-state index contributed by atoms with van der Waals surface area (Å²) in [5.41, 5.74) is 5.75. The third-order valence-electron chi connectivity index (χ3n) is 9.44. The smallest absolute Gasteiger partial charge is 0.180 e. The molecule has 0 aliphatic heterocycles. The van der Waals surface area contributed by atoms with Gasteiger partial charge in [0.2, 0.25) is 0 Å². The van der Waals surface area contributed by atoms with Crippen molar-refractivity contribution in [1.82, 2.24) is 4.57 Å². The molecule has 224 valence electrons. The highest BCUT2D eigenvalue weighted by molar-refractivity contribution is 7.20. The predicted molar refractivity (Wildman–Crippen MR) is 199 cm³/mol. The van der Waals surface area contributed by atoms with Crippen molar-refractivity contribution in [2.45, 2.75) is 0 Å². The molecular formula is C44H29N3Si. The molecule has 0 spiro atoms. The molecule has 1 heterocycles. The van der Waals surface area contributed by atoms with Crippen molar-refractivity contribution in [2.24, 2.45) is 0 Å². The Hall–Kier alpha value is -6.46. The van der Waals surface area contributed by atoms with Gasteiger partial charge in [0.25, 0.3) is 0 Å². The Morgan fingerprint density at radius 1 is 0.438 bits per heavy atom. The van der Waals surface area contributed by atoms with Crippen molar-refractivity contribution >= 4 is 50.6 Å². The fraction of sp³-hybridized carbons (Fsp3) is 0. The molecule has 0 fully saturated rings. The van der Waals surface area contributed by atoms with Crippen LogP contribution in [0.5, 0.6) is 0 Å². The second-order valence-electron chi connectivity index (χ2n) is 11.9. The molecule has 0 atom stereocenters. The van der Waals surface area contributed by atoms with E-state index < -0.39 is 8.07 Å². The van der Waals surface area contributed by atoms with Gasteiger partial charge in [-0.2, -0.15) is 10.5 Å². The lowest BCUT2D eigenvalue weighted by Gasteiger charge is -2.36. The molecule has 0 aliphatic carbocycles. The number of aromatic nitrogens is 1. The average Bonchev–Trinajstić information content (AvgIpc) is 3.50. The Bertz CT molecular complexity index is 2370. The van der Waals surface area contributed by atoms with E-state index >= 15 is 0 Å². The zero-order valence-corrected chi connectivity index (χ0v) is 27.1. The first kappa shape index (κ1) is 29.0. The van der Waals surface area contributed by atoms with Crippen LogP contribution in [-0.2, 0) is 0 Å². The minimum absolute atomic E-state index is 0.528. The van der Waals surface area contributed by atoms with Crippen LogP contribution in [0.15, 0.2) is 176 Å². The van der Waals surface area contributed by atoms with Crippen LogP contribution in [0.3, 0.4) is 0 Å². The van der Waals surface area contributed by atoms with Crippen LogP contribution >= 0.6 is 0 Å². The molecule has 8 aromatic rings. The third-order valence-corrected chi connectivity index (χ3v) is 14.3. The summed E-state index contributed by atoms with van der Waals surface area (Å²) in [5.74, 6) is 0. The largest absolute Gasteiger partial charge is 0.309 e. The van der Waals surface area contributed by atoms with E-state index in [-0.39, 0.29) is 0 Å². The zero-order chi connectivity index (χ0) is 32.5. The maximum atomic E-state index is 10.8. The molecular weight excluding hydrogens is 599 g/mol. The first-order valence-corrected chi connectivity index (χ1v) is 18.0. The van der Waals surface area contributed by atoms with Crippen LogP contribution in [0.1, 0.15) is 11.1 Å². The Labute approximate surface area is 280 Å². The van der Waals surface area contributed by atoms with Crippen LogP contribution in [0.25, 0.3) is 38.6 Å². The predicted octanol–water partition coefficient (Wildman–Crippen LogP) is 7.57. The van der Waals surface area contributed by atoms with Gasteiger partial charge in [-0.15, -0.1) is 0 Å². The van der Waals surface area contributed by atoms with E-state index in [2.05, 4.69) is 150 Å². The molecule has 0 aliphatic rings. The van der Waals surface area contributed by atoms with Crippen LogP contribution in [-0.4, -0.2) is 12.6 Å². The molecule has 1 aromatic heterocycles. The summed E-state index contributed by atoms with van der Waals surface area (Å²) < 4.78 is 2.26. The average molecular weight is 628 g/mol. The second kappa shape index (κ2) is 12.0. The van der Waals surface area contributed by atoms with Crippen molar-refractivity contribution in [3.63, 3.8) is 0 Å². The maximum absolute atomic E-state index is 10.8. The Balaban J connectivity index is 1.51. The van der Waals surface area contributed by atoms with Crippen LogP contribution in [0.2, 0.25) is 0 Å². The summed E-state index contributed by atoms with van der Waals surface area (Å²) in [6.45, 7) is 0. The normalized spacial score (nSPS) is 11.3. The highest BCUT2D eigenvalue weighted by Crippen LogP contribution is 2.35. The van der Waals surface area contributed by atoms with E-state index in [0.717, 1.165) is 33.0 Å². The number of hydrogen-bond donors (Lipinski definition) is 0. The summed E-state index contributed by atoms with van der Waals surface area (Å²) in [5, 5.41) is 28.4. The van der Waals surface area contributed by atoms with Crippen molar-refractivity contribution in [1.29, 1.82) is 10.5 Å². The highest BCUT2D eigenvalue weighted by atomic mass is 28.3. The summed E-state index contributed by atoms with van der Waals surface area (Å²) in [6, 6.07) is 66.0. The highest BCUT2D eigenvalue weighted by Gasteiger charge is 2.43. The van der Waals surface area contributed by atoms with Crippen LogP contribution < -0.4 is 20.7 Å². The lowest BCUT2D eigenvalue weighted by molar-refractivity contribution is 1.18. The SMILES string of the molecule is N#Cc1ccc(-n2c3ccccc3c3ccccc32)cc1-c1c(C#N)cccc1[Si](c1ccccc1)(c1ccccc1)c1ccccc1. The Morgan fingerprint density at radius 3 is 1.42 bits per heavy atom. The van der Waals surface area contributed by atoms with Gasteiger partial charge in [0.05, 0.1) is 34.3 Å². The number of para-hydroxylation sites is 2. The van der Waals surface area contributed by atoms with E-state index in [1.807, 2.05) is 42.5 Å². The zero-order valence-electron chi connectivity index (χ0n) is 26.1. The van der Waals surface area contributed by atoms with Crippen LogP contribution in [0, 0.1) is 22.7 Å². The quantitative estimate of drug-likeness (QED) is 0.141. The number of fused-ring (bicyclic) bond motifs is 3. The molecule has 0 radical (unpaired) electrons. The summed E-state index contributed by atoms with van der Waals surface area (Å²) in [6.07, 6.45) is 0. The molecule has 0 amide bonds. The third kappa shape index (κ3) is 4.48. The first-order valence-electron chi connectivity index (χ1n) is 16.0. The van der Waals surface area contributed by atoms with E-state index in [1.54, 1.807) is 0 Å². The summed E-state index contributed by atoms with van der Waals surface area (Å²) >= 11 is 0. The summed E-state index contributed by atoms with van der Waals surface area (Å²) in [4.78, 5) is 0. The van der Waals surface area contributed by atoms with Gasteiger partial charge >= 0.3 is 0 Å². The fourth-order valence-corrected chi connectivity index (χ4v) is 12.5. The molecule has 0 saturated carbocycles. The second-order valence-corrected chi connectivity index (χ2v) is 15.7.